The Morgan fingerprint density at radius 1 is 0.923 bits per heavy atom. The Labute approximate surface area is 157 Å². The van der Waals surface area contributed by atoms with Crippen LogP contribution in [0.2, 0.25) is 0 Å². The fraction of sp³-hybridized carbons (Fsp3) is 0.667. The summed E-state index contributed by atoms with van der Waals surface area (Å²) in [6.45, 7) is 13.6. The molecule has 4 heterocycles. The monoisotopic (exact) mass is 355 g/mol. The SMILES string of the molecule is CC(C)(CCC(C)(C)n1ncc2c1CCNC2)n1ccc2c1CCNC2. The molecule has 5 nitrogen and oxygen atoms in total. The number of hydrogen-bond acceptors (Lipinski definition) is 3. The summed E-state index contributed by atoms with van der Waals surface area (Å²) in [4.78, 5) is 0. The van der Waals surface area contributed by atoms with Crippen LogP contribution in [0.5, 0.6) is 0 Å². The molecule has 2 aromatic heterocycles. The van der Waals surface area contributed by atoms with Crippen molar-refractivity contribution in [2.24, 2.45) is 0 Å². The lowest BCUT2D eigenvalue weighted by Crippen LogP contribution is -2.36. The molecule has 0 spiro atoms. The number of nitrogens with zero attached hydrogens (tertiary/aromatic N) is 3. The minimum absolute atomic E-state index is 0.0387. The summed E-state index contributed by atoms with van der Waals surface area (Å²) in [5, 5.41) is 11.7. The molecule has 142 valence electrons. The summed E-state index contributed by atoms with van der Waals surface area (Å²) in [5.74, 6) is 0. The zero-order valence-corrected chi connectivity index (χ0v) is 16.7. The van der Waals surface area contributed by atoms with E-state index in [2.05, 4.69) is 66.0 Å². The average Bonchev–Trinajstić information content (AvgIpc) is 3.25. The lowest BCUT2D eigenvalue weighted by Gasteiger charge is -2.36. The molecule has 0 aromatic carbocycles. The maximum Gasteiger partial charge on any atom is 0.0575 e. The third-order valence-electron chi connectivity index (χ3n) is 6.32. The van der Waals surface area contributed by atoms with Gasteiger partial charge in [-0.1, -0.05) is 0 Å². The van der Waals surface area contributed by atoms with E-state index in [0.29, 0.717) is 0 Å². The Morgan fingerprint density at radius 3 is 2.35 bits per heavy atom. The van der Waals surface area contributed by atoms with Gasteiger partial charge < -0.3 is 15.2 Å². The number of hydrogen-bond donors (Lipinski definition) is 2. The third kappa shape index (κ3) is 3.12. The van der Waals surface area contributed by atoms with Gasteiger partial charge in [0.25, 0.3) is 0 Å². The molecular weight excluding hydrogens is 322 g/mol. The number of rotatable bonds is 5. The van der Waals surface area contributed by atoms with Crippen molar-refractivity contribution in [1.29, 1.82) is 0 Å². The molecule has 0 radical (unpaired) electrons. The normalized spacial score (nSPS) is 17.8. The first-order chi connectivity index (χ1) is 12.4. The largest absolute Gasteiger partial charge is 0.346 e. The highest BCUT2D eigenvalue weighted by atomic mass is 15.3. The predicted octanol–water partition coefficient (Wildman–Crippen LogP) is 2.93. The van der Waals surface area contributed by atoms with Crippen molar-refractivity contribution in [1.82, 2.24) is 25.0 Å². The van der Waals surface area contributed by atoms with Crippen molar-refractivity contribution >= 4 is 0 Å². The molecule has 0 fully saturated rings. The lowest BCUT2D eigenvalue weighted by atomic mass is 9.88. The van der Waals surface area contributed by atoms with Crippen molar-refractivity contribution < 1.29 is 0 Å². The van der Waals surface area contributed by atoms with Crippen LogP contribution in [0.15, 0.2) is 18.5 Å². The number of aromatic nitrogens is 3. The molecule has 2 aliphatic heterocycles. The Kier molecular flexibility index (Phi) is 4.48. The third-order valence-corrected chi connectivity index (χ3v) is 6.32. The van der Waals surface area contributed by atoms with Crippen LogP contribution in [0.1, 0.15) is 63.1 Å². The van der Waals surface area contributed by atoms with Crippen LogP contribution in [0, 0.1) is 0 Å². The molecular formula is C21H33N5. The van der Waals surface area contributed by atoms with E-state index in [-0.39, 0.29) is 11.1 Å². The first-order valence-corrected chi connectivity index (χ1v) is 10.1. The van der Waals surface area contributed by atoms with Crippen molar-refractivity contribution in [2.75, 3.05) is 13.1 Å². The molecule has 2 N–H and O–H groups in total. The van der Waals surface area contributed by atoms with E-state index in [4.69, 9.17) is 5.10 Å². The van der Waals surface area contributed by atoms with Gasteiger partial charge in [0.15, 0.2) is 0 Å². The van der Waals surface area contributed by atoms with Gasteiger partial charge in [0.1, 0.15) is 0 Å². The Hall–Kier alpha value is -1.59. The van der Waals surface area contributed by atoms with Crippen LogP contribution < -0.4 is 10.6 Å². The predicted molar refractivity (Wildman–Crippen MR) is 105 cm³/mol. The van der Waals surface area contributed by atoms with E-state index in [1.54, 1.807) is 0 Å². The molecule has 4 rings (SSSR count). The molecule has 0 bridgehead atoms. The summed E-state index contributed by atoms with van der Waals surface area (Å²) >= 11 is 0. The van der Waals surface area contributed by atoms with E-state index in [0.717, 1.165) is 51.9 Å². The van der Waals surface area contributed by atoms with Gasteiger partial charge in [-0.05, 0) is 52.2 Å². The van der Waals surface area contributed by atoms with Crippen LogP contribution in [0.3, 0.4) is 0 Å². The second-order valence-electron chi connectivity index (χ2n) is 9.16. The highest BCUT2D eigenvalue weighted by Gasteiger charge is 2.31. The first kappa shape index (κ1) is 17.8. The topological polar surface area (TPSA) is 46.8 Å². The van der Waals surface area contributed by atoms with Crippen molar-refractivity contribution in [2.45, 2.75) is 77.5 Å². The highest BCUT2D eigenvalue weighted by Crippen LogP contribution is 2.33. The molecule has 0 saturated heterocycles. The van der Waals surface area contributed by atoms with E-state index in [1.807, 2.05) is 0 Å². The van der Waals surface area contributed by atoms with Gasteiger partial charge in [-0.25, -0.2) is 0 Å². The van der Waals surface area contributed by atoms with Gasteiger partial charge in [-0.3, -0.25) is 4.68 Å². The van der Waals surface area contributed by atoms with E-state index in [9.17, 15) is 0 Å². The second kappa shape index (κ2) is 6.54. The van der Waals surface area contributed by atoms with Crippen molar-refractivity contribution in [3.63, 3.8) is 0 Å². The molecule has 5 heteroatoms. The maximum absolute atomic E-state index is 4.76. The van der Waals surface area contributed by atoms with Crippen molar-refractivity contribution in [3.05, 3.63) is 41.0 Å². The Morgan fingerprint density at radius 2 is 1.58 bits per heavy atom. The van der Waals surface area contributed by atoms with E-state index >= 15 is 0 Å². The molecule has 0 aliphatic carbocycles. The molecule has 0 saturated carbocycles. The van der Waals surface area contributed by atoms with E-state index < -0.39 is 0 Å². The van der Waals surface area contributed by atoms with Gasteiger partial charge in [-0.15, -0.1) is 0 Å². The summed E-state index contributed by atoms with van der Waals surface area (Å²) in [6, 6.07) is 2.30. The second-order valence-corrected chi connectivity index (χ2v) is 9.16. The van der Waals surface area contributed by atoms with Gasteiger partial charge in [0, 0.05) is 67.7 Å². The Bertz CT molecular complexity index is 714. The zero-order valence-electron chi connectivity index (χ0n) is 16.7. The van der Waals surface area contributed by atoms with Crippen LogP contribution in [0.4, 0.5) is 0 Å². The van der Waals surface area contributed by atoms with Crippen LogP contribution in [-0.4, -0.2) is 27.4 Å². The minimum Gasteiger partial charge on any atom is -0.346 e. The summed E-state index contributed by atoms with van der Waals surface area (Å²) in [5.41, 5.74) is 5.95. The van der Waals surface area contributed by atoms with E-state index in [1.165, 1.54) is 22.5 Å². The molecule has 2 aromatic rings. The van der Waals surface area contributed by atoms with Crippen LogP contribution in [-0.2, 0) is 37.0 Å². The fourth-order valence-electron chi connectivity index (χ4n) is 4.56. The lowest BCUT2D eigenvalue weighted by molar-refractivity contribution is 0.217. The molecule has 0 atom stereocenters. The zero-order chi connectivity index (χ0) is 18.4. The van der Waals surface area contributed by atoms with Gasteiger partial charge in [0.05, 0.1) is 11.7 Å². The van der Waals surface area contributed by atoms with Gasteiger partial charge >= 0.3 is 0 Å². The summed E-state index contributed by atoms with van der Waals surface area (Å²) in [7, 11) is 0. The first-order valence-electron chi connectivity index (χ1n) is 10.1. The summed E-state index contributed by atoms with van der Waals surface area (Å²) < 4.78 is 4.83. The molecule has 26 heavy (non-hydrogen) atoms. The van der Waals surface area contributed by atoms with Crippen LogP contribution in [0.25, 0.3) is 0 Å². The number of fused-ring (bicyclic) bond motifs is 2. The highest BCUT2D eigenvalue weighted by molar-refractivity contribution is 5.26. The average molecular weight is 356 g/mol. The molecule has 0 unspecified atom stereocenters. The maximum atomic E-state index is 4.76. The van der Waals surface area contributed by atoms with Gasteiger partial charge in [-0.2, -0.15) is 5.10 Å². The fourth-order valence-corrected chi connectivity index (χ4v) is 4.56. The number of nitrogens with one attached hydrogen (secondary N) is 2. The van der Waals surface area contributed by atoms with Gasteiger partial charge in [0.2, 0.25) is 0 Å². The Balaban J connectivity index is 1.52. The molecule has 2 aliphatic rings. The molecule has 0 amide bonds. The van der Waals surface area contributed by atoms with Crippen molar-refractivity contribution in [3.8, 4) is 0 Å². The smallest absolute Gasteiger partial charge is 0.0575 e. The minimum atomic E-state index is 0.0387. The van der Waals surface area contributed by atoms with Crippen LogP contribution >= 0.6 is 0 Å². The summed E-state index contributed by atoms with van der Waals surface area (Å²) in [6.07, 6.45) is 8.83. The quantitative estimate of drug-likeness (QED) is 0.867. The standard InChI is InChI=1S/C21H33N5/c1-20(2,25-12-7-16-13-22-10-5-18(16)25)8-9-21(3,4)26-19-6-11-23-14-17(19)15-24-26/h7,12,15,22-23H,5-6,8-11,13-14H2,1-4H3.